The maximum atomic E-state index is 13.5. The van der Waals surface area contributed by atoms with Crippen molar-refractivity contribution >= 4 is 22.9 Å². The van der Waals surface area contributed by atoms with E-state index in [9.17, 15) is 14.0 Å². The highest BCUT2D eigenvalue weighted by Crippen LogP contribution is 2.28. The quantitative estimate of drug-likeness (QED) is 0.329. The molecule has 0 bridgehead atoms. The number of benzene rings is 2. The number of aromatic nitrogens is 4. The molecule has 2 aromatic carbocycles. The number of aryl methyl sites for hydroxylation is 1. The van der Waals surface area contributed by atoms with E-state index in [1.54, 1.807) is 48.8 Å². The second-order valence-corrected chi connectivity index (χ2v) is 9.50. The molecule has 0 unspecified atom stereocenters. The van der Waals surface area contributed by atoms with Gasteiger partial charge in [0.25, 0.3) is 5.91 Å². The standard InChI is InChI=1S/C29H28FN5O3/c30-22-9-6-19(7-10-22)27-24(4-1-2-5-26(36)37)33-25-18-21(8-11-23(25)34-27)29(38)35-16-12-20(13-17-35)28-31-14-3-15-32-28/h3,6-11,14-15,18,20H,1-2,4-5,12-13,16-17H2,(H,36,37). The molecule has 0 saturated carbocycles. The first-order chi connectivity index (χ1) is 18.5. The van der Waals surface area contributed by atoms with E-state index in [0.717, 1.165) is 24.2 Å². The maximum Gasteiger partial charge on any atom is 0.303 e. The van der Waals surface area contributed by atoms with Gasteiger partial charge in [-0.2, -0.15) is 0 Å². The van der Waals surface area contributed by atoms with E-state index in [0.29, 0.717) is 60.3 Å². The topological polar surface area (TPSA) is 109 Å². The number of likely N-dealkylation sites (tertiary alicyclic amines) is 1. The number of hydrogen-bond acceptors (Lipinski definition) is 6. The Bertz CT molecular complexity index is 1440. The van der Waals surface area contributed by atoms with Crippen LogP contribution in [-0.2, 0) is 11.2 Å². The molecule has 0 spiro atoms. The lowest BCUT2D eigenvalue weighted by Gasteiger charge is -2.31. The largest absolute Gasteiger partial charge is 0.481 e. The van der Waals surface area contributed by atoms with E-state index in [4.69, 9.17) is 15.1 Å². The van der Waals surface area contributed by atoms with Crippen LogP contribution in [0.15, 0.2) is 60.9 Å². The molecule has 0 aliphatic carbocycles. The van der Waals surface area contributed by atoms with E-state index in [1.165, 1.54) is 12.1 Å². The molecular formula is C29H28FN5O3. The van der Waals surface area contributed by atoms with Crippen molar-refractivity contribution in [3.63, 3.8) is 0 Å². The number of carboxylic acid groups (broad SMARTS) is 1. The van der Waals surface area contributed by atoms with Gasteiger partial charge < -0.3 is 10.0 Å². The zero-order chi connectivity index (χ0) is 26.5. The highest BCUT2D eigenvalue weighted by molar-refractivity contribution is 5.97. The Hall–Kier alpha value is -4.27. The Kier molecular flexibility index (Phi) is 7.62. The number of hydrogen-bond donors (Lipinski definition) is 1. The number of aliphatic carboxylic acids is 1. The molecule has 1 N–H and O–H groups in total. The number of carboxylic acids is 1. The molecule has 5 rings (SSSR count). The van der Waals surface area contributed by atoms with Crippen molar-refractivity contribution in [2.24, 2.45) is 0 Å². The highest BCUT2D eigenvalue weighted by atomic mass is 19.1. The summed E-state index contributed by atoms with van der Waals surface area (Å²) in [6.45, 7) is 1.26. The summed E-state index contributed by atoms with van der Waals surface area (Å²) in [6.07, 6.45) is 6.86. The van der Waals surface area contributed by atoms with Crippen LogP contribution in [0.1, 0.15) is 59.9 Å². The van der Waals surface area contributed by atoms with E-state index in [1.807, 2.05) is 4.90 Å². The van der Waals surface area contributed by atoms with E-state index < -0.39 is 5.97 Å². The molecule has 1 saturated heterocycles. The van der Waals surface area contributed by atoms with Crippen molar-refractivity contribution in [3.05, 3.63) is 83.8 Å². The number of carbonyl (C=O) groups excluding carboxylic acids is 1. The highest BCUT2D eigenvalue weighted by Gasteiger charge is 2.26. The SMILES string of the molecule is O=C(O)CCCCc1nc2cc(C(=O)N3CCC(c4ncccn4)CC3)ccc2nc1-c1ccc(F)cc1. The zero-order valence-electron chi connectivity index (χ0n) is 20.9. The molecule has 3 heterocycles. The Morgan fingerprint density at radius 3 is 2.39 bits per heavy atom. The average Bonchev–Trinajstić information content (AvgIpc) is 2.95. The van der Waals surface area contributed by atoms with Gasteiger partial charge in [-0.1, -0.05) is 0 Å². The van der Waals surface area contributed by atoms with Gasteiger partial charge in [0.1, 0.15) is 11.6 Å². The van der Waals surface area contributed by atoms with Gasteiger partial charge in [0.15, 0.2) is 0 Å². The van der Waals surface area contributed by atoms with Crippen LogP contribution in [0.3, 0.4) is 0 Å². The van der Waals surface area contributed by atoms with Gasteiger partial charge in [0.2, 0.25) is 0 Å². The summed E-state index contributed by atoms with van der Waals surface area (Å²) in [7, 11) is 0. The van der Waals surface area contributed by atoms with Crippen LogP contribution in [0.4, 0.5) is 4.39 Å². The number of unbranched alkanes of at least 4 members (excludes halogenated alkanes) is 1. The zero-order valence-corrected chi connectivity index (χ0v) is 20.9. The molecule has 1 aliphatic heterocycles. The van der Waals surface area contributed by atoms with Crippen molar-refractivity contribution in [2.75, 3.05) is 13.1 Å². The number of carbonyl (C=O) groups is 2. The predicted octanol–water partition coefficient (Wildman–Crippen LogP) is 5.04. The Morgan fingerprint density at radius 2 is 1.68 bits per heavy atom. The second-order valence-electron chi connectivity index (χ2n) is 9.50. The number of halogens is 1. The molecule has 8 nitrogen and oxygen atoms in total. The third-order valence-corrected chi connectivity index (χ3v) is 6.89. The van der Waals surface area contributed by atoms with E-state index in [2.05, 4.69) is 9.97 Å². The average molecular weight is 514 g/mol. The smallest absolute Gasteiger partial charge is 0.303 e. The van der Waals surface area contributed by atoms with E-state index in [-0.39, 0.29) is 24.1 Å². The fourth-order valence-electron chi connectivity index (χ4n) is 4.85. The van der Waals surface area contributed by atoms with Crippen LogP contribution in [-0.4, -0.2) is 54.9 Å². The molecule has 1 fully saturated rings. The Balaban J connectivity index is 1.37. The van der Waals surface area contributed by atoms with Crippen molar-refractivity contribution in [3.8, 4) is 11.3 Å². The van der Waals surface area contributed by atoms with Crippen LogP contribution in [0.2, 0.25) is 0 Å². The summed E-state index contributed by atoms with van der Waals surface area (Å²) in [5.41, 5.74) is 3.85. The summed E-state index contributed by atoms with van der Waals surface area (Å²) in [6, 6.07) is 13.2. The van der Waals surface area contributed by atoms with Crippen molar-refractivity contribution in [2.45, 2.75) is 44.4 Å². The van der Waals surface area contributed by atoms with E-state index >= 15 is 0 Å². The Morgan fingerprint density at radius 1 is 0.947 bits per heavy atom. The van der Waals surface area contributed by atoms with Crippen molar-refractivity contribution in [1.82, 2.24) is 24.8 Å². The minimum Gasteiger partial charge on any atom is -0.481 e. The molecule has 2 aromatic heterocycles. The van der Waals surface area contributed by atoms with Gasteiger partial charge in [0, 0.05) is 48.9 Å². The van der Waals surface area contributed by atoms with Gasteiger partial charge in [0.05, 0.1) is 22.4 Å². The molecule has 1 aliphatic rings. The van der Waals surface area contributed by atoms with Crippen LogP contribution in [0.5, 0.6) is 0 Å². The summed E-state index contributed by atoms with van der Waals surface area (Å²) < 4.78 is 13.5. The number of fused-ring (bicyclic) bond motifs is 1. The third-order valence-electron chi connectivity index (χ3n) is 6.89. The number of piperidine rings is 1. The van der Waals surface area contributed by atoms with Crippen LogP contribution >= 0.6 is 0 Å². The van der Waals surface area contributed by atoms with Crippen LogP contribution in [0, 0.1) is 5.82 Å². The first-order valence-corrected chi connectivity index (χ1v) is 12.8. The molecule has 9 heteroatoms. The summed E-state index contributed by atoms with van der Waals surface area (Å²) in [5.74, 6) is -0.151. The predicted molar refractivity (Wildman–Crippen MR) is 140 cm³/mol. The van der Waals surface area contributed by atoms with Crippen LogP contribution < -0.4 is 0 Å². The third kappa shape index (κ3) is 5.82. The summed E-state index contributed by atoms with van der Waals surface area (Å²) >= 11 is 0. The summed E-state index contributed by atoms with van der Waals surface area (Å²) in [4.78, 5) is 44.5. The fraction of sp³-hybridized carbons (Fsp3) is 0.310. The lowest BCUT2D eigenvalue weighted by atomic mass is 9.95. The van der Waals surface area contributed by atoms with Crippen molar-refractivity contribution in [1.29, 1.82) is 0 Å². The van der Waals surface area contributed by atoms with Gasteiger partial charge >= 0.3 is 5.97 Å². The maximum absolute atomic E-state index is 13.5. The van der Waals surface area contributed by atoms with Crippen LogP contribution in [0.25, 0.3) is 22.3 Å². The molecular weight excluding hydrogens is 485 g/mol. The number of nitrogens with zero attached hydrogens (tertiary/aromatic N) is 5. The van der Waals surface area contributed by atoms with Gasteiger partial charge in [-0.3, -0.25) is 9.59 Å². The molecule has 1 amide bonds. The number of amides is 1. The molecule has 0 atom stereocenters. The molecule has 38 heavy (non-hydrogen) atoms. The van der Waals surface area contributed by atoms with Gasteiger partial charge in [-0.15, -0.1) is 0 Å². The molecule has 194 valence electrons. The normalized spacial score (nSPS) is 14.1. The first kappa shape index (κ1) is 25.4. The Labute approximate surface area is 219 Å². The second kappa shape index (κ2) is 11.4. The lowest BCUT2D eigenvalue weighted by Crippen LogP contribution is -2.38. The monoisotopic (exact) mass is 513 g/mol. The first-order valence-electron chi connectivity index (χ1n) is 12.8. The minimum absolute atomic E-state index is 0.0493. The molecule has 4 aromatic rings. The molecule has 0 radical (unpaired) electrons. The van der Waals surface area contributed by atoms with Gasteiger partial charge in [-0.05, 0) is 80.6 Å². The van der Waals surface area contributed by atoms with Gasteiger partial charge in [-0.25, -0.2) is 24.3 Å². The fourth-order valence-corrected chi connectivity index (χ4v) is 4.85. The minimum atomic E-state index is -0.836. The number of rotatable bonds is 8. The lowest BCUT2D eigenvalue weighted by molar-refractivity contribution is -0.137. The van der Waals surface area contributed by atoms with Crippen molar-refractivity contribution < 1.29 is 19.1 Å². The summed E-state index contributed by atoms with van der Waals surface area (Å²) in [5, 5.41) is 8.97.